The minimum absolute atomic E-state index is 0. The number of hydrogen-bond acceptors (Lipinski definition) is 4. The number of hydrogen-bond donors (Lipinski definition) is 1. The van der Waals surface area contributed by atoms with Crippen molar-refractivity contribution in [2.75, 3.05) is 20.8 Å². The van der Waals surface area contributed by atoms with Crippen molar-refractivity contribution < 1.29 is 14.3 Å². The van der Waals surface area contributed by atoms with E-state index in [0.717, 1.165) is 17.5 Å². The lowest BCUT2D eigenvalue weighted by molar-refractivity contribution is -0.137. The molecule has 0 spiro atoms. The van der Waals surface area contributed by atoms with Gasteiger partial charge in [-0.3, -0.25) is 4.79 Å². The van der Waals surface area contributed by atoms with Crippen molar-refractivity contribution in [3.8, 4) is 11.5 Å². The summed E-state index contributed by atoms with van der Waals surface area (Å²) < 4.78 is 11.0. The number of methoxy groups -OCH3 is 2. The maximum atomic E-state index is 13.2. The van der Waals surface area contributed by atoms with Gasteiger partial charge < -0.3 is 20.1 Å². The van der Waals surface area contributed by atoms with Crippen molar-refractivity contribution in [3.05, 3.63) is 59.2 Å². The van der Waals surface area contributed by atoms with Crippen molar-refractivity contribution in [2.24, 2.45) is 11.7 Å². The molecule has 3 unspecified atom stereocenters. The van der Waals surface area contributed by atoms with E-state index in [1.807, 2.05) is 49.1 Å². The molecule has 6 heteroatoms. The number of halogens is 1. The molecule has 2 N–H and O–H groups in total. The van der Waals surface area contributed by atoms with E-state index >= 15 is 0 Å². The molecule has 2 aromatic carbocycles. The number of amides is 1. The molecule has 0 aliphatic carbocycles. The highest BCUT2D eigenvalue weighted by Gasteiger charge is 2.35. The monoisotopic (exact) mass is 404 g/mol. The standard InChI is InChI=1S/C22H28N2O3.ClH/c1-14(15(2)23)22(25)24-11-10-17-12-19(26-3)20(27-4)13-18(17)21(24)16-8-6-5-7-9-16;/h5-9,12-15,21H,10-11,23H2,1-4H3;1H. The van der Waals surface area contributed by atoms with Gasteiger partial charge in [0.15, 0.2) is 11.5 Å². The fraction of sp³-hybridized carbons (Fsp3) is 0.409. The van der Waals surface area contributed by atoms with Gasteiger partial charge in [-0.15, -0.1) is 12.4 Å². The van der Waals surface area contributed by atoms with Crippen LogP contribution in [0.25, 0.3) is 0 Å². The van der Waals surface area contributed by atoms with Crippen LogP contribution in [-0.2, 0) is 11.2 Å². The molecule has 1 aliphatic heterocycles. The normalized spacial score (nSPS) is 17.8. The molecule has 3 rings (SSSR count). The Morgan fingerprint density at radius 1 is 1.11 bits per heavy atom. The Balaban J connectivity index is 0.00000280. The van der Waals surface area contributed by atoms with Gasteiger partial charge in [-0.05, 0) is 42.2 Å². The second-order valence-electron chi connectivity index (χ2n) is 7.15. The predicted octanol–water partition coefficient (Wildman–Crippen LogP) is 3.58. The first-order chi connectivity index (χ1) is 13.0. The van der Waals surface area contributed by atoms with E-state index in [1.165, 1.54) is 5.56 Å². The smallest absolute Gasteiger partial charge is 0.227 e. The first kappa shape index (κ1) is 22.1. The molecule has 0 bridgehead atoms. The van der Waals surface area contributed by atoms with Gasteiger partial charge >= 0.3 is 0 Å². The third-order valence-electron chi connectivity index (χ3n) is 5.45. The van der Waals surface area contributed by atoms with Gasteiger partial charge in [0.1, 0.15) is 0 Å². The average molecular weight is 405 g/mol. The predicted molar refractivity (Wildman–Crippen MR) is 113 cm³/mol. The van der Waals surface area contributed by atoms with Gasteiger partial charge in [0.2, 0.25) is 5.91 Å². The first-order valence-corrected chi connectivity index (χ1v) is 9.33. The number of carbonyl (C=O) groups excluding carboxylic acids is 1. The summed E-state index contributed by atoms with van der Waals surface area (Å²) in [4.78, 5) is 15.2. The summed E-state index contributed by atoms with van der Waals surface area (Å²) in [5, 5.41) is 0. The van der Waals surface area contributed by atoms with Crippen LogP contribution >= 0.6 is 12.4 Å². The molecule has 0 radical (unpaired) electrons. The van der Waals surface area contributed by atoms with Gasteiger partial charge in [-0.25, -0.2) is 0 Å². The van der Waals surface area contributed by atoms with E-state index in [4.69, 9.17) is 15.2 Å². The van der Waals surface area contributed by atoms with E-state index in [1.54, 1.807) is 14.2 Å². The summed E-state index contributed by atoms with van der Waals surface area (Å²) in [6.07, 6.45) is 0.774. The number of benzene rings is 2. The summed E-state index contributed by atoms with van der Waals surface area (Å²) in [6, 6.07) is 13.8. The molecule has 0 fully saturated rings. The summed E-state index contributed by atoms with van der Waals surface area (Å²) in [5.74, 6) is 1.23. The topological polar surface area (TPSA) is 64.8 Å². The highest BCUT2D eigenvalue weighted by Crippen LogP contribution is 2.41. The molecule has 28 heavy (non-hydrogen) atoms. The van der Waals surface area contributed by atoms with Crippen LogP contribution in [0, 0.1) is 5.92 Å². The van der Waals surface area contributed by atoms with Gasteiger partial charge in [0.25, 0.3) is 0 Å². The van der Waals surface area contributed by atoms with Gasteiger partial charge in [-0.1, -0.05) is 37.3 Å². The van der Waals surface area contributed by atoms with Gasteiger partial charge in [0, 0.05) is 12.6 Å². The zero-order valence-corrected chi connectivity index (χ0v) is 17.7. The number of carbonyl (C=O) groups is 1. The molecule has 0 aromatic heterocycles. The summed E-state index contributed by atoms with van der Waals surface area (Å²) in [6.45, 7) is 4.43. The molecule has 152 valence electrons. The van der Waals surface area contributed by atoms with E-state index < -0.39 is 0 Å². The van der Waals surface area contributed by atoms with E-state index in [0.29, 0.717) is 18.0 Å². The van der Waals surface area contributed by atoms with Gasteiger partial charge in [-0.2, -0.15) is 0 Å². The summed E-state index contributed by atoms with van der Waals surface area (Å²) >= 11 is 0. The Labute approximate surface area is 173 Å². The first-order valence-electron chi connectivity index (χ1n) is 9.33. The molecule has 0 saturated heterocycles. The van der Waals surface area contributed by atoms with Crippen LogP contribution in [0.4, 0.5) is 0 Å². The zero-order valence-electron chi connectivity index (χ0n) is 16.8. The van der Waals surface area contributed by atoms with E-state index in [-0.39, 0.29) is 36.3 Å². The van der Waals surface area contributed by atoms with Crippen molar-refractivity contribution in [1.29, 1.82) is 0 Å². The van der Waals surface area contributed by atoms with E-state index in [9.17, 15) is 4.79 Å². The highest BCUT2D eigenvalue weighted by molar-refractivity contribution is 5.85. The zero-order chi connectivity index (χ0) is 19.6. The fourth-order valence-electron chi connectivity index (χ4n) is 3.66. The number of nitrogens with zero attached hydrogens (tertiary/aromatic N) is 1. The third-order valence-corrected chi connectivity index (χ3v) is 5.45. The minimum Gasteiger partial charge on any atom is -0.493 e. The quantitative estimate of drug-likeness (QED) is 0.827. The Bertz CT molecular complexity index is 811. The van der Waals surface area contributed by atoms with Crippen LogP contribution in [0.1, 0.15) is 36.6 Å². The lowest BCUT2D eigenvalue weighted by Gasteiger charge is -2.40. The van der Waals surface area contributed by atoms with Crippen molar-refractivity contribution in [3.63, 3.8) is 0 Å². The second kappa shape index (κ2) is 9.30. The summed E-state index contributed by atoms with van der Waals surface area (Å²) in [7, 11) is 3.27. The van der Waals surface area contributed by atoms with Crippen LogP contribution in [0.5, 0.6) is 11.5 Å². The molecule has 1 heterocycles. The van der Waals surface area contributed by atoms with Crippen LogP contribution < -0.4 is 15.2 Å². The highest BCUT2D eigenvalue weighted by atomic mass is 35.5. The maximum Gasteiger partial charge on any atom is 0.227 e. The Morgan fingerprint density at radius 3 is 2.29 bits per heavy atom. The molecular formula is C22H29ClN2O3. The minimum atomic E-state index is -0.238. The Kier molecular flexibility index (Phi) is 7.33. The number of fused-ring (bicyclic) bond motifs is 1. The average Bonchev–Trinajstić information content (AvgIpc) is 2.71. The van der Waals surface area contributed by atoms with Crippen molar-refractivity contribution >= 4 is 18.3 Å². The van der Waals surface area contributed by atoms with Crippen LogP contribution in [0.3, 0.4) is 0 Å². The number of nitrogens with two attached hydrogens (primary N) is 1. The molecule has 5 nitrogen and oxygen atoms in total. The van der Waals surface area contributed by atoms with Crippen LogP contribution in [0.15, 0.2) is 42.5 Å². The van der Waals surface area contributed by atoms with E-state index in [2.05, 4.69) is 12.1 Å². The van der Waals surface area contributed by atoms with Crippen LogP contribution in [0.2, 0.25) is 0 Å². The Morgan fingerprint density at radius 2 is 1.71 bits per heavy atom. The Hall–Kier alpha value is -2.24. The number of ether oxygens (including phenoxy) is 2. The molecule has 1 amide bonds. The fourth-order valence-corrected chi connectivity index (χ4v) is 3.66. The van der Waals surface area contributed by atoms with Crippen LogP contribution in [-0.4, -0.2) is 37.6 Å². The summed E-state index contributed by atoms with van der Waals surface area (Å²) in [5.41, 5.74) is 9.36. The largest absolute Gasteiger partial charge is 0.493 e. The molecule has 0 saturated carbocycles. The lowest BCUT2D eigenvalue weighted by Crippen LogP contribution is -2.46. The number of rotatable bonds is 5. The molecule has 1 aliphatic rings. The third kappa shape index (κ3) is 4.10. The second-order valence-corrected chi connectivity index (χ2v) is 7.15. The maximum absolute atomic E-state index is 13.2. The SMILES string of the molecule is COc1cc2c(cc1OC)C(c1ccccc1)N(C(=O)C(C)C(C)N)CC2.Cl. The van der Waals surface area contributed by atoms with Crippen molar-refractivity contribution in [2.45, 2.75) is 32.4 Å². The van der Waals surface area contributed by atoms with Gasteiger partial charge in [0.05, 0.1) is 26.2 Å². The molecule has 3 atom stereocenters. The van der Waals surface area contributed by atoms with Crippen molar-refractivity contribution in [1.82, 2.24) is 4.90 Å². The molecule has 2 aromatic rings. The molecular weight excluding hydrogens is 376 g/mol. The lowest BCUT2D eigenvalue weighted by atomic mass is 9.86.